The molecule has 0 radical (unpaired) electrons. The molecule has 0 bridgehead atoms. The lowest BCUT2D eigenvalue weighted by Gasteiger charge is -2.20. The summed E-state index contributed by atoms with van der Waals surface area (Å²) in [6, 6.07) is 3.40. The van der Waals surface area contributed by atoms with E-state index in [1.54, 1.807) is 6.92 Å². The molecule has 0 saturated carbocycles. The second-order valence-corrected chi connectivity index (χ2v) is 5.88. The van der Waals surface area contributed by atoms with Gasteiger partial charge >= 0.3 is 0 Å². The number of carbonyl (C=O) groups excluding carboxylic acids is 1. The predicted molar refractivity (Wildman–Crippen MR) is 79.7 cm³/mol. The van der Waals surface area contributed by atoms with Crippen LogP contribution in [0.25, 0.3) is 0 Å². The Morgan fingerprint density at radius 2 is 1.81 bits per heavy atom. The van der Waals surface area contributed by atoms with E-state index < -0.39 is 11.6 Å². The van der Waals surface area contributed by atoms with Crippen molar-refractivity contribution in [1.29, 1.82) is 0 Å². The number of nitrogens with one attached hydrogen (secondary N) is 1. The Morgan fingerprint density at radius 1 is 1.24 bits per heavy atom. The van der Waals surface area contributed by atoms with E-state index in [1.165, 1.54) is 18.2 Å². The first-order chi connectivity index (χ1) is 9.85. The zero-order valence-electron chi connectivity index (χ0n) is 12.8. The lowest BCUT2D eigenvalue weighted by atomic mass is 9.95. The Hall–Kier alpha value is -1.49. The van der Waals surface area contributed by atoms with Gasteiger partial charge in [-0.15, -0.1) is 0 Å². The first-order valence-electron chi connectivity index (χ1n) is 7.28. The Kier molecular flexibility index (Phi) is 6.75. The maximum absolute atomic E-state index is 13.6. The fourth-order valence-corrected chi connectivity index (χ4v) is 2.32. The van der Waals surface area contributed by atoms with Crippen LogP contribution < -0.4 is 11.1 Å². The maximum Gasteiger partial charge on any atom is 0.224 e. The molecule has 1 amide bonds. The Balaban J connectivity index is 2.64. The third kappa shape index (κ3) is 5.42. The summed E-state index contributed by atoms with van der Waals surface area (Å²) in [6.45, 7) is 6.04. The quantitative estimate of drug-likeness (QED) is 0.813. The van der Waals surface area contributed by atoms with E-state index in [2.05, 4.69) is 5.32 Å². The summed E-state index contributed by atoms with van der Waals surface area (Å²) in [5.74, 6) is -1.24. The van der Waals surface area contributed by atoms with Gasteiger partial charge in [-0.2, -0.15) is 0 Å². The highest BCUT2D eigenvalue weighted by Gasteiger charge is 2.21. The van der Waals surface area contributed by atoms with Crippen LogP contribution in [0.15, 0.2) is 18.2 Å². The highest BCUT2D eigenvalue weighted by Crippen LogP contribution is 2.15. The Labute approximate surface area is 124 Å². The normalized spacial score (nSPS) is 14.0. The number of rotatable bonds is 7. The lowest BCUT2D eigenvalue weighted by molar-refractivity contribution is -0.125. The topological polar surface area (TPSA) is 55.1 Å². The second kappa shape index (κ2) is 8.08. The van der Waals surface area contributed by atoms with E-state index in [0.29, 0.717) is 12.3 Å². The van der Waals surface area contributed by atoms with Gasteiger partial charge in [0.2, 0.25) is 5.91 Å². The molecule has 1 aromatic carbocycles. The SMILES string of the molecule is CC(C)CC(CN)C(=O)NC(C)Cc1c(F)cccc1F. The number of benzene rings is 1. The molecular formula is C16H24F2N2O. The Bertz CT molecular complexity index is 457. The van der Waals surface area contributed by atoms with Gasteiger partial charge in [-0.3, -0.25) is 4.79 Å². The molecule has 0 aliphatic rings. The monoisotopic (exact) mass is 298 g/mol. The number of carbonyl (C=O) groups is 1. The summed E-state index contributed by atoms with van der Waals surface area (Å²) in [7, 11) is 0. The van der Waals surface area contributed by atoms with Crippen LogP contribution in [-0.4, -0.2) is 18.5 Å². The number of nitrogens with two attached hydrogens (primary N) is 1. The minimum absolute atomic E-state index is 0.00143. The van der Waals surface area contributed by atoms with E-state index in [4.69, 9.17) is 5.73 Å². The molecule has 0 heterocycles. The van der Waals surface area contributed by atoms with E-state index >= 15 is 0 Å². The van der Waals surface area contributed by atoms with Gasteiger partial charge in [-0.05, 0) is 37.8 Å². The van der Waals surface area contributed by atoms with Crippen molar-refractivity contribution in [2.75, 3.05) is 6.54 Å². The number of hydrogen-bond donors (Lipinski definition) is 2. The van der Waals surface area contributed by atoms with Gasteiger partial charge < -0.3 is 11.1 Å². The van der Waals surface area contributed by atoms with Crippen LogP contribution in [0.3, 0.4) is 0 Å². The van der Waals surface area contributed by atoms with Crippen molar-refractivity contribution >= 4 is 5.91 Å². The van der Waals surface area contributed by atoms with Gasteiger partial charge in [0.05, 0.1) is 5.92 Å². The minimum atomic E-state index is -0.589. The zero-order chi connectivity index (χ0) is 16.0. The molecule has 0 spiro atoms. The van der Waals surface area contributed by atoms with Crippen molar-refractivity contribution in [3.8, 4) is 0 Å². The molecule has 21 heavy (non-hydrogen) atoms. The molecule has 1 rings (SSSR count). The molecule has 0 aromatic heterocycles. The van der Waals surface area contributed by atoms with Gasteiger partial charge in [0.15, 0.2) is 0 Å². The average molecular weight is 298 g/mol. The van der Waals surface area contributed by atoms with E-state index in [0.717, 1.165) is 0 Å². The van der Waals surface area contributed by atoms with Crippen molar-refractivity contribution < 1.29 is 13.6 Å². The van der Waals surface area contributed by atoms with Crippen LogP contribution in [-0.2, 0) is 11.2 Å². The molecule has 5 heteroatoms. The van der Waals surface area contributed by atoms with Crippen LogP contribution in [0.2, 0.25) is 0 Å². The molecule has 2 atom stereocenters. The molecule has 0 fully saturated rings. The van der Waals surface area contributed by atoms with Crippen molar-refractivity contribution in [3.05, 3.63) is 35.4 Å². The number of amides is 1. The highest BCUT2D eigenvalue weighted by molar-refractivity contribution is 5.79. The van der Waals surface area contributed by atoms with Crippen LogP contribution in [0.4, 0.5) is 8.78 Å². The van der Waals surface area contributed by atoms with Gasteiger partial charge in [-0.25, -0.2) is 8.78 Å². The molecule has 1 aromatic rings. The molecule has 0 aliphatic heterocycles. The molecular weight excluding hydrogens is 274 g/mol. The van der Waals surface area contributed by atoms with Crippen LogP contribution >= 0.6 is 0 Å². The molecule has 0 saturated heterocycles. The molecule has 2 unspecified atom stereocenters. The fourth-order valence-electron chi connectivity index (χ4n) is 2.32. The lowest BCUT2D eigenvalue weighted by Crippen LogP contribution is -2.41. The van der Waals surface area contributed by atoms with Gasteiger partial charge in [0.25, 0.3) is 0 Å². The summed E-state index contributed by atoms with van der Waals surface area (Å²) >= 11 is 0. The first kappa shape index (κ1) is 17.6. The maximum atomic E-state index is 13.6. The average Bonchev–Trinajstić information content (AvgIpc) is 2.40. The van der Waals surface area contributed by atoms with Gasteiger partial charge in [-0.1, -0.05) is 19.9 Å². The van der Waals surface area contributed by atoms with Crippen molar-refractivity contribution in [2.45, 2.75) is 39.7 Å². The third-order valence-electron chi connectivity index (χ3n) is 3.37. The van der Waals surface area contributed by atoms with Crippen molar-refractivity contribution in [1.82, 2.24) is 5.32 Å². The Morgan fingerprint density at radius 3 is 2.29 bits per heavy atom. The summed E-state index contributed by atoms with van der Waals surface area (Å²) in [5, 5.41) is 2.79. The van der Waals surface area contributed by atoms with Gasteiger partial charge in [0, 0.05) is 18.2 Å². The molecule has 118 valence electrons. The highest BCUT2D eigenvalue weighted by atomic mass is 19.1. The number of hydrogen-bond acceptors (Lipinski definition) is 2. The second-order valence-electron chi connectivity index (χ2n) is 5.88. The summed E-state index contributed by atoms with van der Waals surface area (Å²) in [5.41, 5.74) is 5.62. The number of halogens is 2. The van der Waals surface area contributed by atoms with Crippen molar-refractivity contribution in [3.63, 3.8) is 0 Å². The summed E-state index contributed by atoms with van der Waals surface area (Å²) < 4.78 is 27.1. The smallest absolute Gasteiger partial charge is 0.224 e. The predicted octanol–water partition coefficient (Wildman–Crippen LogP) is 2.63. The largest absolute Gasteiger partial charge is 0.353 e. The van der Waals surface area contributed by atoms with E-state index in [1.807, 2.05) is 13.8 Å². The first-order valence-corrected chi connectivity index (χ1v) is 7.28. The minimum Gasteiger partial charge on any atom is -0.353 e. The zero-order valence-corrected chi connectivity index (χ0v) is 12.8. The van der Waals surface area contributed by atoms with E-state index in [9.17, 15) is 13.6 Å². The fraction of sp³-hybridized carbons (Fsp3) is 0.562. The van der Waals surface area contributed by atoms with E-state index in [-0.39, 0.29) is 36.4 Å². The van der Waals surface area contributed by atoms with Crippen molar-refractivity contribution in [2.24, 2.45) is 17.6 Å². The van der Waals surface area contributed by atoms with Crippen LogP contribution in [0, 0.1) is 23.5 Å². The molecule has 3 N–H and O–H groups in total. The molecule has 3 nitrogen and oxygen atoms in total. The molecule has 0 aliphatic carbocycles. The standard InChI is InChI=1S/C16H24F2N2O/c1-10(2)7-12(9-19)16(21)20-11(3)8-13-14(17)5-4-6-15(13)18/h4-6,10-12H,7-9,19H2,1-3H3,(H,20,21). The summed E-state index contributed by atoms with van der Waals surface area (Å²) in [6.07, 6.45) is 0.812. The van der Waals surface area contributed by atoms with Crippen LogP contribution in [0.1, 0.15) is 32.8 Å². The summed E-state index contributed by atoms with van der Waals surface area (Å²) in [4.78, 5) is 12.1. The third-order valence-corrected chi connectivity index (χ3v) is 3.37. The van der Waals surface area contributed by atoms with Crippen LogP contribution in [0.5, 0.6) is 0 Å². The van der Waals surface area contributed by atoms with Gasteiger partial charge in [0.1, 0.15) is 11.6 Å².